The van der Waals surface area contributed by atoms with Gasteiger partial charge in [0.2, 0.25) is 0 Å². The highest BCUT2D eigenvalue weighted by molar-refractivity contribution is 7.89. The van der Waals surface area contributed by atoms with Gasteiger partial charge in [0, 0.05) is 12.1 Å². The molecule has 0 amide bonds. The molecular weight excluding hydrogens is 274 g/mol. The summed E-state index contributed by atoms with van der Waals surface area (Å²) in [6.45, 7) is 4.04. The lowest BCUT2D eigenvalue weighted by molar-refractivity contribution is 0.0790. The van der Waals surface area contributed by atoms with Gasteiger partial charge in [-0.2, -0.15) is 5.26 Å². The Morgan fingerprint density at radius 2 is 1.95 bits per heavy atom. The largest absolute Gasteiger partial charge is 0.253 e. The van der Waals surface area contributed by atoms with E-state index in [9.17, 15) is 8.42 Å². The molecular formula is C14H19N3O2S. The van der Waals surface area contributed by atoms with Crippen LogP contribution in [0.5, 0.6) is 0 Å². The number of piperidine rings is 1. The topological polar surface area (TPSA) is 73.2 Å². The Hall–Kier alpha value is -1.42. The second kappa shape index (κ2) is 5.92. The van der Waals surface area contributed by atoms with Gasteiger partial charge in [0.1, 0.15) is 0 Å². The first-order valence-electron chi connectivity index (χ1n) is 6.75. The van der Waals surface area contributed by atoms with Crippen LogP contribution in [-0.4, -0.2) is 25.5 Å². The summed E-state index contributed by atoms with van der Waals surface area (Å²) in [5, 5.41) is 10.7. The van der Waals surface area contributed by atoms with Crippen molar-refractivity contribution in [2.45, 2.75) is 50.1 Å². The number of hydrazine groups is 1. The summed E-state index contributed by atoms with van der Waals surface area (Å²) >= 11 is 0. The Balaban J connectivity index is 2.24. The van der Waals surface area contributed by atoms with Crippen molar-refractivity contribution >= 4 is 10.0 Å². The molecule has 5 nitrogen and oxygen atoms in total. The quantitative estimate of drug-likeness (QED) is 0.925. The molecule has 6 heteroatoms. The average Bonchev–Trinajstić information content (AvgIpc) is 2.43. The zero-order valence-corrected chi connectivity index (χ0v) is 12.5. The van der Waals surface area contributed by atoms with Crippen LogP contribution in [0.3, 0.4) is 0 Å². The highest BCUT2D eigenvalue weighted by Crippen LogP contribution is 2.22. The van der Waals surface area contributed by atoms with Gasteiger partial charge < -0.3 is 0 Å². The zero-order valence-electron chi connectivity index (χ0n) is 11.7. The van der Waals surface area contributed by atoms with Gasteiger partial charge in [-0.1, -0.05) is 12.5 Å². The number of hydrogen-bond acceptors (Lipinski definition) is 4. The first-order valence-corrected chi connectivity index (χ1v) is 8.23. The Morgan fingerprint density at radius 1 is 1.30 bits per heavy atom. The van der Waals surface area contributed by atoms with Gasteiger partial charge in [-0.05, 0) is 44.9 Å². The van der Waals surface area contributed by atoms with Crippen molar-refractivity contribution in [1.82, 2.24) is 9.84 Å². The Bertz CT molecular complexity index is 612. The van der Waals surface area contributed by atoms with Gasteiger partial charge in [0.15, 0.2) is 0 Å². The molecule has 108 valence electrons. The third-order valence-electron chi connectivity index (χ3n) is 3.69. The fourth-order valence-electron chi connectivity index (χ4n) is 2.53. The van der Waals surface area contributed by atoms with Crippen molar-refractivity contribution in [3.8, 4) is 6.07 Å². The minimum Gasteiger partial charge on any atom is -0.225 e. The van der Waals surface area contributed by atoms with E-state index in [4.69, 9.17) is 5.26 Å². The molecule has 1 saturated heterocycles. The molecule has 1 fully saturated rings. The smallest absolute Gasteiger partial charge is 0.225 e. The maximum absolute atomic E-state index is 12.4. The van der Waals surface area contributed by atoms with Gasteiger partial charge in [-0.3, -0.25) is 0 Å². The predicted octanol–water partition coefficient (Wildman–Crippen LogP) is 2.01. The molecule has 2 atom stereocenters. The van der Waals surface area contributed by atoms with Gasteiger partial charge in [0.05, 0.1) is 16.5 Å². The second-order valence-corrected chi connectivity index (χ2v) is 6.93. The van der Waals surface area contributed by atoms with Gasteiger partial charge in [-0.25, -0.2) is 13.4 Å². The number of hydrogen-bond donors (Lipinski definition) is 1. The minimum atomic E-state index is -3.63. The van der Waals surface area contributed by atoms with Gasteiger partial charge >= 0.3 is 0 Å². The fraction of sp³-hybridized carbons (Fsp3) is 0.500. The average molecular weight is 293 g/mol. The normalized spacial score (nSPS) is 24.2. The van der Waals surface area contributed by atoms with Crippen molar-refractivity contribution in [2.24, 2.45) is 0 Å². The van der Waals surface area contributed by atoms with E-state index < -0.39 is 10.0 Å². The maximum Gasteiger partial charge on any atom is 0.253 e. The summed E-state index contributed by atoms with van der Waals surface area (Å²) in [7, 11) is -3.63. The van der Waals surface area contributed by atoms with Crippen molar-refractivity contribution in [1.29, 1.82) is 5.26 Å². The molecule has 1 aromatic carbocycles. The molecule has 1 N–H and O–H groups in total. The SMILES string of the molecule is CC1CCCC(C)N1NS(=O)(=O)c1cccc(C#N)c1. The van der Waals surface area contributed by atoms with Crippen molar-refractivity contribution in [3.63, 3.8) is 0 Å². The maximum atomic E-state index is 12.4. The summed E-state index contributed by atoms with van der Waals surface area (Å²) in [5.74, 6) is 0. The van der Waals surface area contributed by atoms with Gasteiger partial charge in [0.25, 0.3) is 10.0 Å². The summed E-state index contributed by atoms with van der Waals surface area (Å²) in [6.07, 6.45) is 3.07. The van der Waals surface area contributed by atoms with E-state index in [1.807, 2.05) is 19.9 Å². The molecule has 0 bridgehead atoms. The Kier molecular flexibility index (Phi) is 4.43. The molecule has 1 aliphatic heterocycles. The summed E-state index contributed by atoms with van der Waals surface area (Å²) < 4.78 is 24.8. The van der Waals surface area contributed by atoms with E-state index in [0.29, 0.717) is 5.56 Å². The first kappa shape index (κ1) is 15.0. The number of sulfonamides is 1. The van der Waals surface area contributed by atoms with Gasteiger partial charge in [-0.15, -0.1) is 4.83 Å². The molecule has 1 aliphatic rings. The number of benzene rings is 1. The summed E-state index contributed by atoms with van der Waals surface area (Å²) in [6, 6.07) is 8.36. The van der Waals surface area contributed by atoms with Crippen LogP contribution in [0.25, 0.3) is 0 Å². The van der Waals surface area contributed by atoms with Crippen molar-refractivity contribution in [3.05, 3.63) is 29.8 Å². The van der Waals surface area contributed by atoms with Crippen LogP contribution >= 0.6 is 0 Å². The van der Waals surface area contributed by atoms with E-state index in [2.05, 4.69) is 4.83 Å². The third-order valence-corrected chi connectivity index (χ3v) is 5.02. The van der Waals surface area contributed by atoms with Crippen molar-refractivity contribution in [2.75, 3.05) is 0 Å². The highest BCUT2D eigenvalue weighted by atomic mass is 32.2. The highest BCUT2D eigenvalue weighted by Gasteiger charge is 2.29. The lowest BCUT2D eigenvalue weighted by Gasteiger charge is -2.38. The second-order valence-electron chi connectivity index (χ2n) is 5.27. The van der Waals surface area contributed by atoms with Crippen LogP contribution in [0.4, 0.5) is 0 Å². The first-order chi connectivity index (χ1) is 9.44. The monoisotopic (exact) mass is 293 g/mol. The van der Waals surface area contributed by atoms with Crippen LogP contribution < -0.4 is 4.83 Å². The number of rotatable bonds is 3. The van der Waals surface area contributed by atoms with Crippen LogP contribution in [-0.2, 0) is 10.0 Å². The van der Waals surface area contributed by atoms with Crippen LogP contribution in [0, 0.1) is 11.3 Å². The van der Waals surface area contributed by atoms with E-state index in [1.165, 1.54) is 12.1 Å². The zero-order chi connectivity index (χ0) is 14.8. The van der Waals surface area contributed by atoms with Crippen LogP contribution in [0.1, 0.15) is 38.7 Å². The summed E-state index contributed by atoms with van der Waals surface area (Å²) in [4.78, 5) is 2.78. The van der Waals surface area contributed by atoms with E-state index in [-0.39, 0.29) is 17.0 Å². The Labute approximate surface area is 120 Å². The van der Waals surface area contributed by atoms with E-state index in [0.717, 1.165) is 19.3 Å². The standard InChI is InChI=1S/C14H19N3O2S/c1-11-5-3-6-12(2)17(11)16-20(18,19)14-8-4-7-13(9-14)10-15/h4,7-9,11-12,16H,3,5-6H2,1-2H3. The summed E-state index contributed by atoms with van der Waals surface area (Å²) in [5.41, 5.74) is 0.340. The fourth-order valence-corrected chi connectivity index (χ4v) is 3.81. The lowest BCUT2D eigenvalue weighted by Crippen LogP contribution is -2.53. The number of nitriles is 1. The molecule has 0 aliphatic carbocycles. The lowest BCUT2D eigenvalue weighted by atomic mass is 10.0. The molecule has 1 heterocycles. The van der Waals surface area contributed by atoms with Crippen LogP contribution in [0.15, 0.2) is 29.2 Å². The number of nitrogens with zero attached hydrogens (tertiary/aromatic N) is 2. The molecule has 20 heavy (non-hydrogen) atoms. The van der Waals surface area contributed by atoms with Crippen LogP contribution in [0.2, 0.25) is 0 Å². The minimum absolute atomic E-state index is 0.126. The van der Waals surface area contributed by atoms with E-state index >= 15 is 0 Å². The third kappa shape index (κ3) is 3.18. The molecule has 0 aromatic heterocycles. The molecule has 2 unspecified atom stereocenters. The number of nitrogens with one attached hydrogen (secondary N) is 1. The molecule has 0 spiro atoms. The van der Waals surface area contributed by atoms with Crippen molar-refractivity contribution < 1.29 is 8.42 Å². The predicted molar refractivity (Wildman–Crippen MR) is 76.1 cm³/mol. The molecule has 2 rings (SSSR count). The molecule has 1 aromatic rings. The molecule has 0 saturated carbocycles. The van der Waals surface area contributed by atoms with E-state index in [1.54, 1.807) is 17.1 Å². The Morgan fingerprint density at radius 3 is 2.55 bits per heavy atom. The molecule has 0 radical (unpaired) electrons.